The van der Waals surface area contributed by atoms with Gasteiger partial charge in [-0.15, -0.1) is 0 Å². The fraction of sp³-hybridized carbons (Fsp3) is 0.214. The third-order valence-electron chi connectivity index (χ3n) is 2.48. The number of methoxy groups -OCH3 is 1. The Balaban J connectivity index is 1.77. The SMILES string of the molecule is COc1cc(C(=O)NCCOc2ccccc2)ncn1. The van der Waals surface area contributed by atoms with Gasteiger partial charge in [-0.05, 0) is 12.1 Å². The van der Waals surface area contributed by atoms with Crippen LogP contribution in [-0.4, -0.2) is 36.1 Å². The molecule has 1 aromatic heterocycles. The number of benzene rings is 1. The predicted molar refractivity (Wildman–Crippen MR) is 72.9 cm³/mol. The van der Waals surface area contributed by atoms with Gasteiger partial charge in [0.25, 0.3) is 5.91 Å². The van der Waals surface area contributed by atoms with Gasteiger partial charge in [0, 0.05) is 6.07 Å². The standard InChI is InChI=1S/C14H15N3O3/c1-19-13-9-12(16-10-17-13)14(18)15-7-8-20-11-5-3-2-4-6-11/h2-6,9-10H,7-8H2,1H3,(H,15,18). The van der Waals surface area contributed by atoms with E-state index >= 15 is 0 Å². The summed E-state index contributed by atoms with van der Waals surface area (Å²) in [6.07, 6.45) is 1.29. The maximum absolute atomic E-state index is 11.8. The molecule has 0 spiro atoms. The van der Waals surface area contributed by atoms with E-state index in [1.165, 1.54) is 19.5 Å². The van der Waals surface area contributed by atoms with Crippen LogP contribution in [0.1, 0.15) is 10.5 Å². The van der Waals surface area contributed by atoms with Crippen molar-refractivity contribution >= 4 is 5.91 Å². The molecule has 0 bridgehead atoms. The fourth-order valence-corrected chi connectivity index (χ4v) is 1.52. The lowest BCUT2D eigenvalue weighted by atomic mass is 10.3. The Hall–Kier alpha value is -2.63. The summed E-state index contributed by atoms with van der Waals surface area (Å²) in [6.45, 7) is 0.776. The summed E-state index contributed by atoms with van der Waals surface area (Å²) in [4.78, 5) is 19.5. The number of aromatic nitrogens is 2. The number of ether oxygens (including phenoxy) is 2. The Labute approximate surface area is 116 Å². The molecule has 1 amide bonds. The zero-order chi connectivity index (χ0) is 14.2. The monoisotopic (exact) mass is 273 g/mol. The quantitative estimate of drug-likeness (QED) is 0.803. The number of nitrogens with one attached hydrogen (secondary N) is 1. The van der Waals surface area contributed by atoms with Crippen molar-refractivity contribution in [3.8, 4) is 11.6 Å². The zero-order valence-electron chi connectivity index (χ0n) is 11.1. The van der Waals surface area contributed by atoms with Crippen LogP contribution in [0.3, 0.4) is 0 Å². The average Bonchev–Trinajstić information content (AvgIpc) is 2.52. The van der Waals surface area contributed by atoms with Gasteiger partial charge >= 0.3 is 0 Å². The number of hydrogen-bond acceptors (Lipinski definition) is 5. The first-order chi connectivity index (χ1) is 9.79. The molecule has 2 aromatic rings. The molecule has 0 aliphatic carbocycles. The highest BCUT2D eigenvalue weighted by atomic mass is 16.5. The van der Waals surface area contributed by atoms with E-state index in [4.69, 9.17) is 9.47 Å². The van der Waals surface area contributed by atoms with Crippen LogP contribution in [-0.2, 0) is 0 Å². The summed E-state index contributed by atoms with van der Waals surface area (Å²) in [5, 5.41) is 2.71. The smallest absolute Gasteiger partial charge is 0.270 e. The van der Waals surface area contributed by atoms with E-state index in [1.807, 2.05) is 30.3 Å². The molecule has 0 saturated carbocycles. The number of hydrogen-bond donors (Lipinski definition) is 1. The molecule has 0 atom stereocenters. The van der Waals surface area contributed by atoms with Gasteiger partial charge in [0.2, 0.25) is 5.88 Å². The van der Waals surface area contributed by atoms with Crippen molar-refractivity contribution in [3.05, 3.63) is 48.4 Å². The maximum atomic E-state index is 11.8. The van der Waals surface area contributed by atoms with Crippen molar-refractivity contribution in [2.75, 3.05) is 20.3 Å². The second-order valence-electron chi connectivity index (χ2n) is 3.86. The molecule has 0 saturated heterocycles. The number of rotatable bonds is 6. The van der Waals surface area contributed by atoms with Gasteiger partial charge in [-0.2, -0.15) is 0 Å². The van der Waals surface area contributed by atoms with E-state index in [0.717, 1.165) is 5.75 Å². The van der Waals surface area contributed by atoms with Gasteiger partial charge in [0.1, 0.15) is 24.4 Å². The van der Waals surface area contributed by atoms with E-state index in [0.29, 0.717) is 19.0 Å². The topological polar surface area (TPSA) is 73.3 Å². The summed E-state index contributed by atoms with van der Waals surface area (Å²) in [5.41, 5.74) is 0.261. The Morgan fingerprint density at radius 3 is 2.80 bits per heavy atom. The molecule has 104 valence electrons. The van der Waals surface area contributed by atoms with Crippen molar-refractivity contribution in [3.63, 3.8) is 0 Å². The second kappa shape index (κ2) is 7.08. The van der Waals surface area contributed by atoms with Crippen LogP contribution in [0.4, 0.5) is 0 Å². The third kappa shape index (κ3) is 3.94. The largest absolute Gasteiger partial charge is 0.492 e. The highest BCUT2D eigenvalue weighted by molar-refractivity contribution is 5.92. The Morgan fingerprint density at radius 1 is 1.25 bits per heavy atom. The van der Waals surface area contributed by atoms with Crippen molar-refractivity contribution in [2.24, 2.45) is 0 Å². The number of carbonyl (C=O) groups is 1. The van der Waals surface area contributed by atoms with Crippen molar-refractivity contribution in [2.45, 2.75) is 0 Å². The van der Waals surface area contributed by atoms with Crippen LogP contribution in [0.2, 0.25) is 0 Å². The van der Waals surface area contributed by atoms with Gasteiger partial charge in [-0.1, -0.05) is 18.2 Å². The molecular weight excluding hydrogens is 258 g/mol. The van der Waals surface area contributed by atoms with E-state index in [-0.39, 0.29) is 11.6 Å². The highest BCUT2D eigenvalue weighted by Gasteiger charge is 2.08. The summed E-state index contributed by atoms with van der Waals surface area (Å²) >= 11 is 0. The minimum atomic E-state index is -0.289. The van der Waals surface area contributed by atoms with E-state index in [1.54, 1.807) is 0 Å². The summed E-state index contributed by atoms with van der Waals surface area (Å²) in [6, 6.07) is 10.9. The maximum Gasteiger partial charge on any atom is 0.270 e. The third-order valence-corrected chi connectivity index (χ3v) is 2.48. The Morgan fingerprint density at radius 2 is 2.05 bits per heavy atom. The minimum absolute atomic E-state index is 0.261. The highest BCUT2D eigenvalue weighted by Crippen LogP contribution is 2.07. The number of amides is 1. The van der Waals surface area contributed by atoms with E-state index < -0.39 is 0 Å². The summed E-state index contributed by atoms with van der Waals surface area (Å²) in [7, 11) is 1.48. The fourth-order valence-electron chi connectivity index (χ4n) is 1.52. The number of carbonyl (C=O) groups excluding carboxylic acids is 1. The van der Waals surface area contributed by atoms with Gasteiger partial charge in [0.15, 0.2) is 0 Å². The van der Waals surface area contributed by atoms with Crippen LogP contribution in [0.25, 0.3) is 0 Å². The normalized spacial score (nSPS) is 9.85. The van der Waals surface area contributed by atoms with Gasteiger partial charge in [0.05, 0.1) is 13.7 Å². The molecule has 1 aromatic carbocycles. The summed E-state index contributed by atoms with van der Waals surface area (Å²) < 4.78 is 10.4. The lowest BCUT2D eigenvalue weighted by molar-refractivity contribution is 0.0941. The molecule has 1 heterocycles. The molecule has 0 fully saturated rings. The molecule has 6 nitrogen and oxygen atoms in total. The molecule has 2 rings (SSSR count). The molecule has 0 aliphatic heterocycles. The lowest BCUT2D eigenvalue weighted by Gasteiger charge is -2.07. The first-order valence-electron chi connectivity index (χ1n) is 6.11. The second-order valence-corrected chi connectivity index (χ2v) is 3.86. The Bertz CT molecular complexity index is 561. The van der Waals surface area contributed by atoms with E-state index in [2.05, 4.69) is 15.3 Å². The van der Waals surface area contributed by atoms with Crippen LogP contribution >= 0.6 is 0 Å². The number of nitrogens with zero attached hydrogens (tertiary/aromatic N) is 2. The molecule has 0 aliphatic rings. The van der Waals surface area contributed by atoms with Crippen LogP contribution in [0.15, 0.2) is 42.7 Å². The van der Waals surface area contributed by atoms with Crippen molar-refractivity contribution in [1.82, 2.24) is 15.3 Å². The molecule has 0 radical (unpaired) electrons. The summed E-state index contributed by atoms with van der Waals surface area (Å²) in [5.74, 6) is 0.832. The average molecular weight is 273 g/mol. The molecule has 1 N–H and O–H groups in total. The van der Waals surface area contributed by atoms with E-state index in [9.17, 15) is 4.79 Å². The first kappa shape index (κ1) is 13.8. The number of para-hydroxylation sites is 1. The van der Waals surface area contributed by atoms with Gasteiger partial charge in [-0.3, -0.25) is 4.79 Å². The van der Waals surface area contributed by atoms with Gasteiger partial charge < -0.3 is 14.8 Å². The lowest BCUT2D eigenvalue weighted by Crippen LogP contribution is -2.28. The van der Waals surface area contributed by atoms with Gasteiger partial charge in [-0.25, -0.2) is 9.97 Å². The predicted octanol–water partition coefficient (Wildman–Crippen LogP) is 1.29. The molecule has 6 heteroatoms. The van der Waals surface area contributed by atoms with Crippen LogP contribution in [0.5, 0.6) is 11.6 Å². The van der Waals surface area contributed by atoms with Crippen LogP contribution < -0.4 is 14.8 Å². The van der Waals surface area contributed by atoms with Crippen molar-refractivity contribution < 1.29 is 14.3 Å². The first-order valence-corrected chi connectivity index (χ1v) is 6.11. The zero-order valence-corrected chi connectivity index (χ0v) is 11.1. The Kier molecular flexibility index (Phi) is 4.88. The molecule has 20 heavy (non-hydrogen) atoms. The molecular formula is C14H15N3O3. The van der Waals surface area contributed by atoms with Crippen LogP contribution in [0, 0.1) is 0 Å². The molecule has 0 unspecified atom stereocenters. The van der Waals surface area contributed by atoms with Crippen molar-refractivity contribution in [1.29, 1.82) is 0 Å². The minimum Gasteiger partial charge on any atom is -0.492 e.